The molecule has 1 unspecified atom stereocenters. The lowest BCUT2D eigenvalue weighted by molar-refractivity contribution is 0.546. The van der Waals surface area contributed by atoms with Gasteiger partial charge in [0.15, 0.2) is 0 Å². The molecule has 0 bridgehead atoms. The third kappa shape index (κ3) is 3.80. The van der Waals surface area contributed by atoms with Crippen LogP contribution in [0.4, 0.5) is 4.39 Å². The van der Waals surface area contributed by atoms with Crippen molar-refractivity contribution in [3.05, 3.63) is 67.3 Å². The third-order valence-corrected chi connectivity index (χ3v) is 4.48. The van der Waals surface area contributed by atoms with Crippen LogP contribution in [0.3, 0.4) is 0 Å². The fourth-order valence-corrected chi connectivity index (χ4v) is 2.96. The first-order valence-corrected chi connectivity index (χ1v) is 7.82. The van der Waals surface area contributed by atoms with Crippen LogP contribution in [0.5, 0.6) is 0 Å². The lowest BCUT2D eigenvalue weighted by Gasteiger charge is -2.18. The average Bonchev–Trinajstić information content (AvgIpc) is 2.43. The van der Waals surface area contributed by atoms with Gasteiger partial charge < -0.3 is 0 Å². The number of nitrogens with two attached hydrogens (primary N) is 1. The highest BCUT2D eigenvalue weighted by molar-refractivity contribution is 9.11. The van der Waals surface area contributed by atoms with E-state index in [0.717, 1.165) is 20.1 Å². The van der Waals surface area contributed by atoms with Crippen molar-refractivity contribution in [2.75, 3.05) is 0 Å². The Kier molecular flexibility index (Phi) is 5.57. The van der Waals surface area contributed by atoms with Crippen LogP contribution in [0.1, 0.15) is 17.2 Å². The fraction of sp³-hybridized carbons (Fsp3) is 0.143. The van der Waals surface area contributed by atoms with E-state index in [1.807, 2.05) is 18.2 Å². The summed E-state index contributed by atoms with van der Waals surface area (Å²) in [5, 5.41) is 0.120. The Morgan fingerprint density at radius 2 is 1.95 bits per heavy atom. The van der Waals surface area contributed by atoms with Gasteiger partial charge in [-0.3, -0.25) is 11.3 Å². The summed E-state index contributed by atoms with van der Waals surface area (Å²) in [4.78, 5) is 0. The molecule has 2 aromatic carbocycles. The number of benzene rings is 2. The van der Waals surface area contributed by atoms with Crippen LogP contribution in [0.15, 0.2) is 45.3 Å². The minimum atomic E-state index is -0.423. The largest absolute Gasteiger partial charge is 0.271 e. The molecule has 1 atom stereocenters. The molecule has 20 heavy (non-hydrogen) atoms. The molecule has 0 saturated carbocycles. The van der Waals surface area contributed by atoms with E-state index >= 15 is 0 Å². The maximum absolute atomic E-state index is 13.5. The summed E-state index contributed by atoms with van der Waals surface area (Å²) in [6.45, 7) is 0. The minimum Gasteiger partial charge on any atom is -0.271 e. The quantitative estimate of drug-likeness (QED) is 0.551. The molecule has 0 aliphatic carbocycles. The molecule has 2 nitrogen and oxygen atoms in total. The van der Waals surface area contributed by atoms with Crippen molar-refractivity contribution in [2.24, 2.45) is 5.84 Å². The van der Waals surface area contributed by atoms with Gasteiger partial charge in [0.25, 0.3) is 0 Å². The number of nitrogens with one attached hydrogen (secondary N) is 1. The summed E-state index contributed by atoms with van der Waals surface area (Å²) >= 11 is 12.6. The van der Waals surface area contributed by atoms with Crippen LogP contribution in [0.2, 0.25) is 5.02 Å². The van der Waals surface area contributed by atoms with E-state index in [1.165, 1.54) is 6.07 Å². The second-order valence-electron chi connectivity index (χ2n) is 4.34. The summed E-state index contributed by atoms with van der Waals surface area (Å²) in [7, 11) is 0. The molecule has 0 amide bonds. The second-order valence-corrected chi connectivity index (χ2v) is 6.51. The molecule has 0 aliphatic heterocycles. The molecule has 0 saturated heterocycles. The number of rotatable bonds is 4. The molecular formula is C14H12Br2ClFN2. The Morgan fingerprint density at radius 3 is 2.60 bits per heavy atom. The predicted molar refractivity (Wildman–Crippen MR) is 87.0 cm³/mol. The number of hydrazine groups is 1. The van der Waals surface area contributed by atoms with E-state index < -0.39 is 5.82 Å². The van der Waals surface area contributed by atoms with E-state index in [4.69, 9.17) is 17.4 Å². The lowest BCUT2D eigenvalue weighted by atomic mass is 9.99. The van der Waals surface area contributed by atoms with E-state index in [9.17, 15) is 4.39 Å². The smallest absolute Gasteiger partial charge is 0.142 e. The molecule has 0 heterocycles. The molecule has 0 fully saturated rings. The Balaban J connectivity index is 2.28. The van der Waals surface area contributed by atoms with Gasteiger partial charge in [0.05, 0.1) is 11.1 Å². The zero-order chi connectivity index (χ0) is 14.7. The molecule has 0 aliphatic rings. The van der Waals surface area contributed by atoms with E-state index in [0.29, 0.717) is 6.42 Å². The minimum absolute atomic E-state index is 0.120. The molecule has 2 aromatic rings. The first-order valence-electron chi connectivity index (χ1n) is 5.86. The topological polar surface area (TPSA) is 38.0 Å². The van der Waals surface area contributed by atoms with Gasteiger partial charge in [-0.1, -0.05) is 49.5 Å². The Labute approximate surface area is 138 Å². The highest BCUT2D eigenvalue weighted by Gasteiger charge is 2.15. The van der Waals surface area contributed by atoms with Crippen LogP contribution in [-0.4, -0.2) is 0 Å². The van der Waals surface area contributed by atoms with Crippen LogP contribution in [-0.2, 0) is 6.42 Å². The molecular weight excluding hydrogens is 410 g/mol. The Bertz CT molecular complexity index is 622. The first-order chi connectivity index (χ1) is 9.51. The summed E-state index contributed by atoms with van der Waals surface area (Å²) in [5.74, 6) is 5.21. The number of hydrogen-bond donors (Lipinski definition) is 2. The van der Waals surface area contributed by atoms with Gasteiger partial charge in [0.1, 0.15) is 5.82 Å². The van der Waals surface area contributed by atoms with Crippen molar-refractivity contribution in [1.82, 2.24) is 5.43 Å². The summed E-state index contributed by atoms with van der Waals surface area (Å²) in [6, 6.07) is 10.5. The molecule has 2 rings (SSSR count). The van der Waals surface area contributed by atoms with Gasteiger partial charge in [-0.15, -0.1) is 0 Å². The van der Waals surface area contributed by atoms with Crippen LogP contribution >= 0.6 is 43.5 Å². The van der Waals surface area contributed by atoms with Gasteiger partial charge in [0.2, 0.25) is 0 Å². The van der Waals surface area contributed by atoms with E-state index in [-0.39, 0.29) is 11.1 Å². The maximum Gasteiger partial charge on any atom is 0.142 e. The Hall–Kier alpha value is -0.460. The number of halogens is 4. The van der Waals surface area contributed by atoms with Gasteiger partial charge >= 0.3 is 0 Å². The van der Waals surface area contributed by atoms with Gasteiger partial charge in [-0.25, -0.2) is 4.39 Å². The zero-order valence-electron chi connectivity index (χ0n) is 10.3. The second kappa shape index (κ2) is 7.00. The van der Waals surface area contributed by atoms with E-state index in [1.54, 1.807) is 12.1 Å². The molecule has 6 heteroatoms. The molecule has 106 valence electrons. The lowest BCUT2D eigenvalue weighted by Crippen LogP contribution is -2.29. The first kappa shape index (κ1) is 15.9. The summed E-state index contributed by atoms with van der Waals surface area (Å²) < 4.78 is 15.4. The number of hydrogen-bond acceptors (Lipinski definition) is 2. The average molecular weight is 423 g/mol. The molecule has 0 spiro atoms. The fourth-order valence-electron chi connectivity index (χ4n) is 1.94. The SMILES string of the molecule is NNC(Cc1ccc(Cl)c(F)c1)c1cc(Br)ccc1Br. The molecule has 0 aromatic heterocycles. The van der Waals surface area contributed by atoms with Crippen molar-refractivity contribution in [3.8, 4) is 0 Å². The van der Waals surface area contributed by atoms with Crippen LogP contribution in [0.25, 0.3) is 0 Å². The van der Waals surface area contributed by atoms with Crippen molar-refractivity contribution >= 4 is 43.5 Å². The van der Waals surface area contributed by atoms with Crippen molar-refractivity contribution in [3.63, 3.8) is 0 Å². The van der Waals surface area contributed by atoms with Gasteiger partial charge in [-0.05, 0) is 47.9 Å². The highest BCUT2D eigenvalue weighted by atomic mass is 79.9. The summed E-state index contributed by atoms with van der Waals surface area (Å²) in [6.07, 6.45) is 0.555. The van der Waals surface area contributed by atoms with Crippen molar-refractivity contribution in [2.45, 2.75) is 12.5 Å². The van der Waals surface area contributed by atoms with Crippen molar-refractivity contribution < 1.29 is 4.39 Å². The van der Waals surface area contributed by atoms with Gasteiger partial charge in [-0.2, -0.15) is 0 Å². The standard InChI is InChI=1S/C14H12Br2ClFN2/c15-9-2-3-11(16)10(7-9)14(20-19)6-8-1-4-12(17)13(18)5-8/h1-5,7,14,20H,6,19H2. The summed E-state index contributed by atoms with van der Waals surface area (Å²) in [5.41, 5.74) is 4.58. The predicted octanol–water partition coefficient (Wildman–Crippen LogP) is 4.75. The zero-order valence-corrected chi connectivity index (χ0v) is 14.3. The van der Waals surface area contributed by atoms with Crippen LogP contribution in [0, 0.1) is 5.82 Å². The third-order valence-electron chi connectivity index (χ3n) is 2.96. The van der Waals surface area contributed by atoms with E-state index in [2.05, 4.69) is 37.3 Å². The highest BCUT2D eigenvalue weighted by Crippen LogP contribution is 2.29. The normalized spacial score (nSPS) is 12.4. The Morgan fingerprint density at radius 1 is 1.20 bits per heavy atom. The maximum atomic E-state index is 13.5. The molecule has 3 N–H and O–H groups in total. The molecule has 0 radical (unpaired) electrons. The van der Waals surface area contributed by atoms with Crippen molar-refractivity contribution in [1.29, 1.82) is 0 Å². The van der Waals surface area contributed by atoms with Gasteiger partial charge in [0, 0.05) is 8.95 Å². The monoisotopic (exact) mass is 420 g/mol. The van der Waals surface area contributed by atoms with Crippen LogP contribution < -0.4 is 11.3 Å².